The maximum Gasteiger partial charge on any atom is 0.0599 e. The monoisotopic (exact) mass is 302 g/mol. The Labute approximate surface area is 137 Å². The standard InChI is InChI=1S/C20H34N2/c1-7-17(14-20(4,5)6)15-21-16-18-10-12-19(13-11-18)22(8-2)9-3/h7,10,12,16H,8-9,11,13-15H2,1-6H3/b17-7-,21-16?. The van der Waals surface area contributed by atoms with Crippen molar-refractivity contribution >= 4 is 6.21 Å². The minimum atomic E-state index is 0.336. The number of allylic oxidation sites excluding steroid dienone is 5. The molecule has 1 aliphatic carbocycles. The molecule has 0 aromatic rings. The van der Waals surface area contributed by atoms with Crippen LogP contribution in [0.1, 0.15) is 60.8 Å². The van der Waals surface area contributed by atoms with Crippen LogP contribution in [-0.2, 0) is 0 Å². The molecule has 0 bridgehead atoms. The Morgan fingerprint density at radius 1 is 1.18 bits per heavy atom. The SMILES string of the molecule is C/C=C(\CN=CC1=CC=C(N(CC)CC)CC1)CC(C)(C)C. The summed E-state index contributed by atoms with van der Waals surface area (Å²) in [6.45, 7) is 16.4. The van der Waals surface area contributed by atoms with E-state index in [1.807, 2.05) is 0 Å². The summed E-state index contributed by atoms with van der Waals surface area (Å²) >= 11 is 0. The lowest BCUT2D eigenvalue weighted by molar-refractivity contribution is 0.367. The number of hydrogen-bond donors (Lipinski definition) is 0. The third kappa shape index (κ3) is 6.64. The molecule has 0 aromatic heterocycles. The third-order valence-corrected chi connectivity index (χ3v) is 4.05. The van der Waals surface area contributed by atoms with E-state index >= 15 is 0 Å². The molecule has 0 aromatic carbocycles. The second kappa shape index (κ2) is 8.97. The lowest BCUT2D eigenvalue weighted by Gasteiger charge is -2.26. The van der Waals surface area contributed by atoms with Gasteiger partial charge < -0.3 is 4.90 Å². The van der Waals surface area contributed by atoms with Gasteiger partial charge in [-0.3, -0.25) is 4.99 Å². The molecule has 0 amide bonds. The molecular formula is C20H34N2. The van der Waals surface area contributed by atoms with E-state index in [4.69, 9.17) is 0 Å². The van der Waals surface area contributed by atoms with Crippen LogP contribution in [-0.4, -0.2) is 30.7 Å². The highest BCUT2D eigenvalue weighted by molar-refractivity contribution is 5.79. The van der Waals surface area contributed by atoms with Crippen LogP contribution < -0.4 is 0 Å². The van der Waals surface area contributed by atoms with Crippen LogP contribution in [0, 0.1) is 5.41 Å². The predicted molar refractivity (Wildman–Crippen MR) is 99.5 cm³/mol. The first-order valence-electron chi connectivity index (χ1n) is 8.68. The average Bonchev–Trinajstić information content (AvgIpc) is 2.47. The van der Waals surface area contributed by atoms with Crippen molar-refractivity contribution < 1.29 is 0 Å². The second-order valence-corrected chi connectivity index (χ2v) is 7.23. The molecule has 22 heavy (non-hydrogen) atoms. The van der Waals surface area contributed by atoms with E-state index < -0.39 is 0 Å². The van der Waals surface area contributed by atoms with Gasteiger partial charge in [0.1, 0.15) is 0 Å². The van der Waals surface area contributed by atoms with Crippen molar-refractivity contribution in [1.82, 2.24) is 4.90 Å². The van der Waals surface area contributed by atoms with Gasteiger partial charge >= 0.3 is 0 Å². The minimum Gasteiger partial charge on any atom is -0.375 e. The zero-order chi connectivity index (χ0) is 16.6. The van der Waals surface area contributed by atoms with E-state index in [1.54, 1.807) is 0 Å². The molecule has 0 unspecified atom stereocenters. The highest BCUT2D eigenvalue weighted by Crippen LogP contribution is 2.24. The van der Waals surface area contributed by atoms with Crippen molar-refractivity contribution in [2.24, 2.45) is 10.4 Å². The first-order valence-corrected chi connectivity index (χ1v) is 8.68. The number of hydrogen-bond acceptors (Lipinski definition) is 2. The van der Waals surface area contributed by atoms with Gasteiger partial charge in [0.05, 0.1) is 6.54 Å². The van der Waals surface area contributed by atoms with Gasteiger partial charge in [-0.05, 0) is 57.1 Å². The summed E-state index contributed by atoms with van der Waals surface area (Å²) in [5, 5.41) is 0. The van der Waals surface area contributed by atoms with Crippen LogP contribution in [0.2, 0.25) is 0 Å². The predicted octanol–water partition coefficient (Wildman–Crippen LogP) is 5.39. The van der Waals surface area contributed by atoms with Crippen LogP contribution >= 0.6 is 0 Å². The Kier molecular flexibility index (Phi) is 7.64. The Hall–Kier alpha value is -1.31. The summed E-state index contributed by atoms with van der Waals surface area (Å²) in [7, 11) is 0. The van der Waals surface area contributed by atoms with Gasteiger partial charge in [0.25, 0.3) is 0 Å². The van der Waals surface area contributed by atoms with Gasteiger partial charge in [0.2, 0.25) is 0 Å². The van der Waals surface area contributed by atoms with E-state index in [2.05, 4.69) is 75.9 Å². The topological polar surface area (TPSA) is 15.6 Å². The number of rotatable bonds is 7. The highest BCUT2D eigenvalue weighted by atomic mass is 15.1. The largest absolute Gasteiger partial charge is 0.375 e. The van der Waals surface area contributed by atoms with Crippen LogP contribution in [0.25, 0.3) is 0 Å². The fraction of sp³-hybridized carbons (Fsp3) is 0.650. The first kappa shape index (κ1) is 18.7. The average molecular weight is 303 g/mol. The molecule has 0 saturated heterocycles. The molecule has 0 heterocycles. The van der Waals surface area contributed by atoms with Crippen LogP contribution in [0.5, 0.6) is 0 Å². The van der Waals surface area contributed by atoms with E-state index in [1.165, 1.54) is 16.8 Å². The molecular weight excluding hydrogens is 268 g/mol. The van der Waals surface area contributed by atoms with Crippen molar-refractivity contribution in [1.29, 1.82) is 0 Å². The van der Waals surface area contributed by atoms with Gasteiger partial charge in [-0.25, -0.2) is 0 Å². The molecule has 0 N–H and O–H groups in total. The molecule has 0 saturated carbocycles. The Morgan fingerprint density at radius 3 is 2.32 bits per heavy atom. The second-order valence-electron chi connectivity index (χ2n) is 7.23. The summed E-state index contributed by atoms with van der Waals surface area (Å²) in [4.78, 5) is 7.09. The van der Waals surface area contributed by atoms with Crippen molar-refractivity contribution in [3.8, 4) is 0 Å². The maximum absolute atomic E-state index is 4.66. The molecule has 2 heteroatoms. The van der Waals surface area contributed by atoms with Gasteiger partial charge in [-0.1, -0.05) is 38.5 Å². The molecule has 0 aliphatic heterocycles. The summed E-state index contributed by atoms with van der Waals surface area (Å²) < 4.78 is 0. The minimum absolute atomic E-state index is 0.336. The first-order chi connectivity index (χ1) is 10.4. The quantitative estimate of drug-likeness (QED) is 0.455. The highest BCUT2D eigenvalue weighted by Gasteiger charge is 2.12. The lowest BCUT2D eigenvalue weighted by Crippen LogP contribution is -2.23. The molecule has 0 spiro atoms. The smallest absolute Gasteiger partial charge is 0.0599 e. The molecule has 1 rings (SSSR count). The molecule has 124 valence electrons. The van der Waals surface area contributed by atoms with E-state index in [0.29, 0.717) is 5.41 Å². The number of nitrogens with zero attached hydrogens (tertiary/aromatic N) is 2. The van der Waals surface area contributed by atoms with Gasteiger partial charge in [0, 0.05) is 25.0 Å². The van der Waals surface area contributed by atoms with Gasteiger partial charge in [-0.15, -0.1) is 0 Å². The van der Waals surface area contributed by atoms with E-state index in [9.17, 15) is 0 Å². The van der Waals surface area contributed by atoms with Crippen molar-refractivity contribution in [2.75, 3.05) is 19.6 Å². The van der Waals surface area contributed by atoms with Crippen LogP contribution in [0.4, 0.5) is 0 Å². The van der Waals surface area contributed by atoms with Crippen molar-refractivity contribution in [3.05, 3.63) is 35.1 Å². The fourth-order valence-corrected chi connectivity index (χ4v) is 2.85. The molecule has 2 nitrogen and oxygen atoms in total. The molecule has 0 radical (unpaired) electrons. The van der Waals surface area contributed by atoms with Crippen molar-refractivity contribution in [3.63, 3.8) is 0 Å². The summed E-state index contributed by atoms with van der Waals surface area (Å²) in [5.74, 6) is 0. The lowest BCUT2D eigenvalue weighted by atomic mass is 9.88. The normalized spacial score (nSPS) is 16.7. The van der Waals surface area contributed by atoms with Crippen LogP contribution in [0.3, 0.4) is 0 Å². The summed E-state index contributed by atoms with van der Waals surface area (Å²) in [6, 6.07) is 0. The van der Waals surface area contributed by atoms with Crippen molar-refractivity contribution in [2.45, 2.75) is 60.8 Å². The Bertz CT molecular complexity index is 455. The van der Waals surface area contributed by atoms with E-state index in [0.717, 1.165) is 38.9 Å². The van der Waals surface area contributed by atoms with Crippen LogP contribution in [0.15, 0.2) is 40.1 Å². The zero-order valence-electron chi connectivity index (χ0n) is 15.4. The maximum atomic E-state index is 4.66. The third-order valence-electron chi connectivity index (χ3n) is 4.05. The molecule has 1 aliphatic rings. The summed E-state index contributed by atoms with van der Waals surface area (Å²) in [6.07, 6.45) is 12.2. The number of aliphatic imine (C=N–C) groups is 1. The summed E-state index contributed by atoms with van der Waals surface area (Å²) in [5.41, 5.74) is 4.58. The fourth-order valence-electron chi connectivity index (χ4n) is 2.85. The molecule has 0 fully saturated rings. The van der Waals surface area contributed by atoms with Gasteiger partial charge in [0.15, 0.2) is 0 Å². The molecule has 0 atom stereocenters. The zero-order valence-corrected chi connectivity index (χ0v) is 15.4. The Balaban J connectivity index is 2.58. The van der Waals surface area contributed by atoms with E-state index in [-0.39, 0.29) is 0 Å². The Morgan fingerprint density at radius 2 is 1.86 bits per heavy atom. The van der Waals surface area contributed by atoms with Gasteiger partial charge in [-0.2, -0.15) is 0 Å².